The molecule has 0 spiro atoms. The van der Waals surface area contributed by atoms with Gasteiger partial charge < -0.3 is 5.11 Å². The molecule has 102 valence electrons. The van der Waals surface area contributed by atoms with Crippen LogP contribution in [0.2, 0.25) is 0 Å². The SMILES string of the molecule is Cc1nn(CCCc2ccccc2)c(C)c1C(C)O. The first-order chi connectivity index (χ1) is 9.09. The van der Waals surface area contributed by atoms with E-state index in [-0.39, 0.29) is 0 Å². The molecule has 0 aliphatic heterocycles. The third kappa shape index (κ3) is 3.24. The molecule has 0 aliphatic rings. The van der Waals surface area contributed by atoms with Gasteiger partial charge in [-0.3, -0.25) is 4.68 Å². The predicted octanol–water partition coefficient (Wildman–Crippen LogP) is 3.19. The van der Waals surface area contributed by atoms with E-state index >= 15 is 0 Å². The van der Waals surface area contributed by atoms with Crippen molar-refractivity contribution < 1.29 is 5.11 Å². The molecule has 1 unspecified atom stereocenters. The number of aliphatic hydroxyl groups is 1. The maximum absolute atomic E-state index is 9.75. The van der Waals surface area contributed by atoms with Gasteiger partial charge in [0.15, 0.2) is 0 Å². The van der Waals surface area contributed by atoms with E-state index in [0.717, 1.165) is 36.3 Å². The molecule has 1 aromatic heterocycles. The van der Waals surface area contributed by atoms with Gasteiger partial charge in [-0.1, -0.05) is 30.3 Å². The first-order valence-corrected chi connectivity index (χ1v) is 6.85. The Morgan fingerprint density at radius 2 is 1.89 bits per heavy atom. The summed E-state index contributed by atoms with van der Waals surface area (Å²) in [5.74, 6) is 0. The molecule has 0 aliphatic carbocycles. The molecule has 1 N–H and O–H groups in total. The number of hydrogen-bond donors (Lipinski definition) is 1. The molecule has 19 heavy (non-hydrogen) atoms. The fourth-order valence-electron chi connectivity index (χ4n) is 2.61. The van der Waals surface area contributed by atoms with Crippen molar-refractivity contribution in [2.24, 2.45) is 0 Å². The summed E-state index contributed by atoms with van der Waals surface area (Å²) in [5, 5.41) is 14.3. The summed E-state index contributed by atoms with van der Waals surface area (Å²) in [6, 6.07) is 10.5. The molecule has 0 saturated heterocycles. The average molecular weight is 258 g/mol. The molecule has 0 radical (unpaired) electrons. The highest BCUT2D eigenvalue weighted by molar-refractivity contribution is 5.26. The molecule has 2 aromatic rings. The van der Waals surface area contributed by atoms with Gasteiger partial charge in [-0.2, -0.15) is 5.10 Å². The van der Waals surface area contributed by atoms with Crippen LogP contribution in [0.1, 0.15) is 42.0 Å². The average Bonchev–Trinajstić information content (AvgIpc) is 2.66. The van der Waals surface area contributed by atoms with Gasteiger partial charge >= 0.3 is 0 Å². The number of aliphatic hydroxyl groups excluding tert-OH is 1. The van der Waals surface area contributed by atoms with Gasteiger partial charge in [0.2, 0.25) is 0 Å². The number of rotatable bonds is 5. The van der Waals surface area contributed by atoms with E-state index in [1.165, 1.54) is 5.56 Å². The summed E-state index contributed by atoms with van der Waals surface area (Å²) in [6.07, 6.45) is 1.68. The third-order valence-corrected chi connectivity index (χ3v) is 3.53. The van der Waals surface area contributed by atoms with Crippen LogP contribution in [0.25, 0.3) is 0 Å². The number of benzene rings is 1. The molecule has 1 atom stereocenters. The highest BCUT2D eigenvalue weighted by Gasteiger charge is 2.15. The summed E-state index contributed by atoms with van der Waals surface area (Å²) in [7, 11) is 0. The van der Waals surface area contributed by atoms with Gasteiger partial charge in [-0.15, -0.1) is 0 Å². The Morgan fingerprint density at radius 3 is 2.47 bits per heavy atom. The number of hydrogen-bond acceptors (Lipinski definition) is 2. The minimum Gasteiger partial charge on any atom is -0.389 e. The van der Waals surface area contributed by atoms with Gasteiger partial charge in [-0.05, 0) is 39.2 Å². The van der Waals surface area contributed by atoms with E-state index in [0.29, 0.717) is 0 Å². The van der Waals surface area contributed by atoms with E-state index < -0.39 is 6.10 Å². The summed E-state index contributed by atoms with van der Waals surface area (Å²) in [6.45, 7) is 6.69. The summed E-state index contributed by atoms with van der Waals surface area (Å²) in [4.78, 5) is 0. The van der Waals surface area contributed by atoms with Crippen LogP contribution in [0.5, 0.6) is 0 Å². The zero-order valence-electron chi connectivity index (χ0n) is 11.9. The Labute approximate surface area is 114 Å². The molecule has 3 nitrogen and oxygen atoms in total. The van der Waals surface area contributed by atoms with Crippen LogP contribution in [0, 0.1) is 13.8 Å². The Morgan fingerprint density at radius 1 is 1.21 bits per heavy atom. The monoisotopic (exact) mass is 258 g/mol. The lowest BCUT2D eigenvalue weighted by atomic mass is 10.1. The zero-order valence-corrected chi connectivity index (χ0v) is 11.9. The summed E-state index contributed by atoms with van der Waals surface area (Å²) < 4.78 is 2.01. The predicted molar refractivity (Wildman–Crippen MR) is 77.1 cm³/mol. The van der Waals surface area contributed by atoms with Gasteiger partial charge in [0, 0.05) is 17.8 Å². The Bertz CT molecular complexity index is 529. The van der Waals surface area contributed by atoms with Crippen LogP contribution in [0.15, 0.2) is 30.3 Å². The molecule has 0 saturated carbocycles. The molecule has 0 fully saturated rings. The number of nitrogens with zero attached hydrogens (tertiary/aromatic N) is 2. The first kappa shape index (κ1) is 13.8. The van der Waals surface area contributed by atoms with Crippen molar-refractivity contribution in [3.63, 3.8) is 0 Å². The van der Waals surface area contributed by atoms with Crippen LogP contribution in [0.3, 0.4) is 0 Å². The van der Waals surface area contributed by atoms with Crippen molar-refractivity contribution in [3.8, 4) is 0 Å². The summed E-state index contributed by atoms with van der Waals surface area (Å²) >= 11 is 0. The topological polar surface area (TPSA) is 38.0 Å². The first-order valence-electron chi connectivity index (χ1n) is 6.85. The van der Waals surface area contributed by atoms with Crippen LogP contribution < -0.4 is 0 Å². The van der Waals surface area contributed by atoms with E-state index in [9.17, 15) is 5.11 Å². The molecule has 0 bridgehead atoms. The molecular weight excluding hydrogens is 236 g/mol. The minimum absolute atomic E-state index is 0.442. The molecule has 0 amide bonds. The van der Waals surface area contributed by atoms with Crippen molar-refractivity contribution in [1.82, 2.24) is 9.78 Å². The van der Waals surface area contributed by atoms with Crippen molar-refractivity contribution in [2.45, 2.75) is 46.3 Å². The molecule has 2 rings (SSSR count). The molecular formula is C16H22N2O. The highest BCUT2D eigenvalue weighted by atomic mass is 16.3. The van der Waals surface area contributed by atoms with Crippen molar-refractivity contribution >= 4 is 0 Å². The second-order valence-corrected chi connectivity index (χ2v) is 5.07. The van der Waals surface area contributed by atoms with Crippen molar-refractivity contribution in [1.29, 1.82) is 0 Å². The smallest absolute Gasteiger partial charge is 0.0797 e. The molecule has 1 aromatic carbocycles. The Hall–Kier alpha value is -1.61. The fraction of sp³-hybridized carbons (Fsp3) is 0.438. The Balaban J connectivity index is 1.99. The van der Waals surface area contributed by atoms with Gasteiger partial charge in [0.25, 0.3) is 0 Å². The maximum atomic E-state index is 9.75. The second-order valence-electron chi connectivity index (χ2n) is 5.07. The van der Waals surface area contributed by atoms with Crippen LogP contribution >= 0.6 is 0 Å². The quantitative estimate of drug-likeness (QED) is 0.894. The largest absolute Gasteiger partial charge is 0.389 e. The summed E-state index contributed by atoms with van der Waals surface area (Å²) in [5.41, 5.74) is 4.35. The van der Waals surface area contributed by atoms with E-state index in [2.05, 4.69) is 29.4 Å². The Kier molecular flexibility index (Phi) is 4.38. The second kappa shape index (κ2) is 6.02. The lowest BCUT2D eigenvalue weighted by Gasteiger charge is -2.07. The maximum Gasteiger partial charge on any atom is 0.0797 e. The molecule has 3 heteroatoms. The van der Waals surface area contributed by atoms with Crippen molar-refractivity contribution in [3.05, 3.63) is 52.8 Å². The third-order valence-electron chi connectivity index (χ3n) is 3.53. The zero-order chi connectivity index (χ0) is 13.8. The van der Waals surface area contributed by atoms with Gasteiger partial charge in [0.05, 0.1) is 11.8 Å². The normalized spacial score (nSPS) is 12.6. The molecule has 1 heterocycles. The highest BCUT2D eigenvalue weighted by Crippen LogP contribution is 2.21. The number of aromatic nitrogens is 2. The van der Waals surface area contributed by atoms with E-state index in [1.807, 2.05) is 24.6 Å². The van der Waals surface area contributed by atoms with E-state index in [1.54, 1.807) is 6.92 Å². The fourth-order valence-corrected chi connectivity index (χ4v) is 2.61. The van der Waals surface area contributed by atoms with Crippen molar-refractivity contribution in [2.75, 3.05) is 0 Å². The standard InChI is InChI=1S/C16H22N2O/c1-12-16(14(3)19)13(2)18(17-12)11-7-10-15-8-5-4-6-9-15/h4-6,8-9,14,19H,7,10-11H2,1-3H3. The van der Waals surface area contributed by atoms with Gasteiger partial charge in [-0.25, -0.2) is 0 Å². The lowest BCUT2D eigenvalue weighted by Crippen LogP contribution is -2.04. The number of aryl methyl sites for hydroxylation is 3. The minimum atomic E-state index is -0.442. The van der Waals surface area contributed by atoms with Crippen LogP contribution in [-0.2, 0) is 13.0 Å². The van der Waals surface area contributed by atoms with Gasteiger partial charge in [0.1, 0.15) is 0 Å². The van der Waals surface area contributed by atoms with E-state index in [4.69, 9.17) is 0 Å². The van der Waals surface area contributed by atoms with Crippen LogP contribution in [-0.4, -0.2) is 14.9 Å². The van der Waals surface area contributed by atoms with Crippen LogP contribution in [0.4, 0.5) is 0 Å². The lowest BCUT2D eigenvalue weighted by molar-refractivity contribution is 0.197.